The minimum absolute atomic E-state index is 0.0139. The van der Waals surface area contributed by atoms with Crippen molar-refractivity contribution in [1.29, 1.82) is 0 Å². The van der Waals surface area contributed by atoms with Crippen molar-refractivity contribution in [3.63, 3.8) is 0 Å². The first kappa shape index (κ1) is 20.4. The van der Waals surface area contributed by atoms with Gasteiger partial charge in [0, 0.05) is 16.7 Å². The second kappa shape index (κ2) is 6.50. The summed E-state index contributed by atoms with van der Waals surface area (Å²) in [6.07, 6.45) is 7.90. The lowest BCUT2D eigenvalue weighted by Gasteiger charge is -2.59. The molecule has 1 aliphatic heterocycles. The highest BCUT2D eigenvalue weighted by molar-refractivity contribution is 6.01. The molecule has 0 bridgehead atoms. The van der Waals surface area contributed by atoms with Crippen molar-refractivity contribution in [2.45, 2.75) is 83.4 Å². The third-order valence-electron chi connectivity index (χ3n) is 9.13. The van der Waals surface area contributed by atoms with Crippen molar-refractivity contribution < 1.29 is 29.3 Å². The van der Waals surface area contributed by atoms with Crippen molar-refractivity contribution in [3.05, 3.63) is 23.8 Å². The third-order valence-corrected chi connectivity index (χ3v) is 9.13. The van der Waals surface area contributed by atoms with E-state index in [2.05, 4.69) is 6.92 Å². The van der Waals surface area contributed by atoms with Crippen LogP contribution in [-0.2, 0) is 19.1 Å². The molecule has 0 aromatic rings. The molecule has 0 spiro atoms. The monoisotopic (exact) mass is 416 g/mol. The molecule has 4 aliphatic carbocycles. The topological polar surface area (TPSA) is 93.1 Å². The Labute approximate surface area is 177 Å². The van der Waals surface area contributed by atoms with E-state index in [1.165, 1.54) is 0 Å². The highest BCUT2D eigenvalue weighted by Crippen LogP contribution is 2.69. The van der Waals surface area contributed by atoms with Gasteiger partial charge in [-0.05, 0) is 56.1 Å². The van der Waals surface area contributed by atoms with Gasteiger partial charge in [0.25, 0.3) is 0 Å². The first-order valence-electron chi connectivity index (χ1n) is 11.4. The Kier molecular flexibility index (Phi) is 4.42. The quantitative estimate of drug-likeness (QED) is 0.734. The lowest BCUT2D eigenvalue weighted by atomic mass is 9.46. The molecule has 0 aromatic heterocycles. The minimum Gasteiger partial charge on any atom is -0.479 e. The molecule has 7 unspecified atom stereocenters. The molecular formula is C24H32O6. The summed E-state index contributed by atoms with van der Waals surface area (Å²) in [4.78, 5) is 24.6. The van der Waals surface area contributed by atoms with Gasteiger partial charge in [0.1, 0.15) is 6.10 Å². The van der Waals surface area contributed by atoms with Crippen LogP contribution in [0.1, 0.15) is 59.3 Å². The molecule has 30 heavy (non-hydrogen) atoms. The maximum Gasteiger partial charge on any atom is 0.339 e. The fourth-order valence-electron chi connectivity index (χ4n) is 7.87. The maximum atomic E-state index is 12.7. The summed E-state index contributed by atoms with van der Waals surface area (Å²) >= 11 is 0. The summed E-state index contributed by atoms with van der Waals surface area (Å²) in [6, 6.07) is 0. The number of allylic oxidation sites excluding steroid dienone is 4. The van der Waals surface area contributed by atoms with E-state index in [-0.39, 0.29) is 29.0 Å². The molecule has 9 atom stereocenters. The van der Waals surface area contributed by atoms with E-state index in [0.29, 0.717) is 19.3 Å². The molecule has 164 valence electrons. The SMILES string of the molecule is CCCC1O[C@@H]2CC3C4CCC5=CC(=O)C=CC5(C)C4C(O)CC3(C)[C@]2(C(=O)O)O1. The molecule has 5 aliphatic rings. The highest BCUT2D eigenvalue weighted by Gasteiger charge is 2.76. The molecule has 1 heterocycles. The van der Waals surface area contributed by atoms with Crippen molar-refractivity contribution in [1.82, 2.24) is 0 Å². The molecule has 2 N–H and O–H groups in total. The normalized spacial score (nSPS) is 51.6. The van der Waals surface area contributed by atoms with Crippen LogP contribution in [0.2, 0.25) is 0 Å². The number of ketones is 1. The van der Waals surface area contributed by atoms with Crippen molar-refractivity contribution in [2.75, 3.05) is 0 Å². The number of rotatable bonds is 3. The fraction of sp³-hybridized carbons (Fsp3) is 0.750. The van der Waals surface area contributed by atoms with Crippen LogP contribution in [0.25, 0.3) is 0 Å². The van der Waals surface area contributed by atoms with Gasteiger partial charge in [-0.25, -0.2) is 4.79 Å². The number of carbonyl (C=O) groups excluding carboxylic acids is 1. The van der Waals surface area contributed by atoms with Gasteiger partial charge in [-0.1, -0.05) is 38.8 Å². The van der Waals surface area contributed by atoms with Gasteiger partial charge >= 0.3 is 5.97 Å². The summed E-state index contributed by atoms with van der Waals surface area (Å²) in [5, 5.41) is 21.8. The Bertz CT molecular complexity index is 847. The van der Waals surface area contributed by atoms with E-state index in [0.717, 1.165) is 24.8 Å². The van der Waals surface area contributed by atoms with E-state index >= 15 is 0 Å². The summed E-state index contributed by atoms with van der Waals surface area (Å²) in [6.45, 7) is 6.15. The van der Waals surface area contributed by atoms with Gasteiger partial charge in [-0.15, -0.1) is 0 Å². The Morgan fingerprint density at radius 1 is 1.33 bits per heavy atom. The van der Waals surface area contributed by atoms with Crippen LogP contribution in [0, 0.1) is 28.6 Å². The van der Waals surface area contributed by atoms with Crippen LogP contribution in [0.15, 0.2) is 23.8 Å². The minimum atomic E-state index is -1.40. The van der Waals surface area contributed by atoms with Crippen LogP contribution in [0.4, 0.5) is 0 Å². The fourth-order valence-corrected chi connectivity index (χ4v) is 7.87. The molecule has 1 saturated heterocycles. The summed E-state index contributed by atoms with van der Waals surface area (Å²) in [5.74, 6) is -0.722. The molecule has 6 heteroatoms. The number of carbonyl (C=O) groups is 2. The average molecular weight is 417 g/mol. The number of aliphatic hydroxyl groups is 1. The number of aliphatic hydroxyl groups excluding tert-OH is 1. The Hall–Kier alpha value is -1.50. The van der Waals surface area contributed by atoms with Crippen LogP contribution >= 0.6 is 0 Å². The number of ether oxygens (including phenoxy) is 2. The maximum absolute atomic E-state index is 12.7. The van der Waals surface area contributed by atoms with Gasteiger partial charge in [0.05, 0.1) is 6.10 Å². The first-order valence-corrected chi connectivity index (χ1v) is 11.4. The van der Waals surface area contributed by atoms with Gasteiger partial charge in [0.2, 0.25) is 0 Å². The molecule has 5 rings (SSSR count). The molecular weight excluding hydrogens is 384 g/mol. The average Bonchev–Trinajstić information content (AvgIpc) is 3.15. The summed E-state index contributed by atoms with van der Waals surface area (Å²) in [7, 11) is 0. The molecule has 6 nitrogen and oxygen atoms in total. The number of carboxylic acid groups (broad SMARTS) is 1. The number of hydrogen-bond acceptors (Lipinski definition) is 5. The summed E-state index contributed by atoms with van der Waals surface area (Å²) in [5.41, 5.74) is -1.37. The van der Waals surface area contributed by atoms with Crippen molar-refractivity contribution in [2.24, 2.45) is 28.6 Å². The molecule has 4 fully saturated rings. The van der Waals surface area contributed by atoms with Gasteiger partial charge in [-0.2, -0.15) is 0 Å². The van der Waals surface area contributed by atoms with Crippen molar-refractivity contribution in [3.8, 4) is 0 Å². The lowest BCUT2D eigenvalue weighted by molar-refractivity contribution is -0.210. The van der Waals surface area contributed by atoms with Crippen LogP contribution < -0.4 is 0 Å². The third kappa shape index (κ3) is 2.36. The molecule has 0 aromatic carbocycles. The zero-order valence-corrected chi connectivity index (χ0v) is 18.0. The summed E-state index contributed by atoms with van der Waals surface area (Å²) < 4.78 is 12.4. The van der Waals surface area contributed by atoms with Crippen molar-refractivity contribution >= 4 is 11.8 Å². The van der Waals surface area contributed by atoms with E-state index in [4.69, 9.17) is 9.47 Å². The van der Waals surface area contributed by atoms with E-state index in [1.807, 2.05) is 19.9 Å². The second-order valence-electron chi connectivity index (χ2n) is 10.4. The zero-order valence-electron chi connectivity index (χ0n) is 18.0. The number of aliphatic carboxylic acids is 1. The van der Waals surface area contributed by atoms with Crippen LogP contribution in [-0.4, -0.2) is 46.1 Å². The second-order valence-corrected chi connectivity index (χ2v) is 10.4. The number of fused-ring (bicyclic) bond motifs is 7. The number of hydrogen-bond donors (Lipinski definition) is 2. The van der Waals surface area contributed by atoms with E-state index < -0.39 is 35.5 Å². The smallest absolute Gasteiger partial charge is 0.339 e. The molecule has 0 amide bonds. The first-order chi connectivity index (χ1) is 14.2. The van der Waals surface area contributed by atoms with E-state index in [1.54, 1.807) is 12.2 Å². The molecule has 0 radical (unpaired) electrons. The lowest BCUT2D eigenvalue weighted by Crippen LogP contribution is -2.63. The van der Waals surface area contributed by atoms with Crippen LogP contribution in [0.3, 0.4) is 0 Å². The number of carboxylic acids is 1. The van der Waals surface area contributed by atoms with E-state index in [9.17, 15) is 19.8 Å². The predicted molar refractivity (Wildman–Crippen MR) is 108 cm³/mol. The standard InChI is InChI=1S/C24H32O6/c1-4-5-19-29-18-11-16-15-7-6-13-10-14(25)8-9-22(13,2)20(15)17(26)12-23(16,3)24(18,30-19)21(27)28/h8-10,15-20,26H,4-7,11-12H2,1-3H3,(H,27,28)/t15?,16?,17?,18-,19?,20?,22?,23?,24+/m1/s1. The Morgan fingerprint density at radius 3 is 2.80 bits per heavy atom. The Balaban J connectivity index is 1.55. The van der Waals surface area contributed by atoms with Gasteiger partial charge in [-0.3, -0.25) is 4.79 Å². The van der Waals surface area contributed by atoms with Gasteiger partial charge < -0.3 is 19.7 Å². The Morgan fingerprint density at radius 2 is 2.10 bits per heavy atom. The largest absolute Gasteiger partial charge is 0.479 e. The zero-order chi connectivity index (χ0) is 21.5. The highest BCUT2D eigenvalue weighted by atomic mass is 16.7. The van der Waals surface area contributed by atoms with Gasteiger partial charge in [0.15, 0.2) is 17.7 Å². The molecule has 3 saturated carbocycles. The van der Waals surface area contributed by atoms with Crippen LogP contribution in [0.5, 0.6) is 0 Å². The predicted octanol–water partition coefficient (Wildman–Crippen LogP) is 3.24.